The van der Waals surface area contributed by atoms with Crippen LogP contribution in [0, 0.1) is 13.8 Å². The van der Waals surface area contributed by atoms with Crippen molar-refractivity contribution in [3.05, 3.63) is 59.4 Å². The van der Waals surface area contributed by atoms with Gasteiger partial charge in [-0.2, -0.15) is 0 Å². The highest BCUT2D eigenvalue weighted by Crippen LogP contribution is 2.24. The zero-order valence-electron chi connectivity index (χ0n) is 11.9. The van der Waals surface area contributed by atoms with Gasteiger partial charge in [0.2, 0.25) is 0 Å². The molecule has 0 saturated carbocycles. The Kier molecular flexibility index (Phi) is 3.28. The molecule has 3 rings (SSSR count). The molecule has 0 bridgehead atoms. The van der Waals surface area contributed by atoms with E-state index in [0.29, 0.717) is 6.54 Å². The second kappa shape index (κ2) is 5.10. The summed E-state index contributed by atoms with van der Waals surface area (Å²) in [6.07, 6.45) is 0.780. The fourth-order valence-corrected chi connectivity index (χ4v) is 2.70. The molecule has 0 amide bonds. The van der Waals surface area contributed by atoms with Gasteiger partial charge in [-0.3, -0.25) is 4.57 Å². The quantitative estimate of drug-likeness (QED) is 0.790. The van der Waals surface area contributed by atoms with Crippen LogP contribution in [-0.2, 0) is 6.42 Å². The van der Waals surface area contributed by atoms with Crippen molar-refractivity contribution >= 4 is 11.0 Å². The van der Waals surface area contributed by atoms with Crippen molar-refractivity contribution in [2.45, 2.75) is 20.3 Å². The number of imidazole rings is 1. The van der Waals surface area contributed by atoms with E-state index >= 15 is 0 Å². The van der Waals surface area contributed by atoms with E-state index in [1.807, 2.05) is 6.07 Å². The Morgan fingerprint density at radius 2 is 1.90 bits per heavy atom. The maximum Gasteiger partial charge on any atom is 0.115 e. The highest BCUT2D eigenvalue weighted by molar-refractivity contribution is 5.78. The number of nitrogens with two attached hydrogens (primary N) is 1. The molecule has 20 heavy (non-hydrogen) atoms. The maximum atomic E-state index is 5.74. The van der Waals surface area contributed by atoms with Crippen LogP contribution in [-0.4, -0.2) is 16.1 Å². The van der Waals surface area contributed by atoms with Crippen LogP contribution >= 0.6 is 0 Å². The number of para-hydroxylation sites is 2. The van der Waals surface area contributed by atoms with Crippen LogP contribution in [0.4, 0.5) is 0 Å². The van der Waals surface area contributed by atoms with E-state index in [2.05, 4.69) is 54.8 Å². The summed E-state index contributed by atoms with van der Waals surface area (Å²) >= 11 is 0. The second-order valence-electron chi connectivity index (χ2n) is 5.18. The summed E-state index contributed by atoms with van der Waals surface area (Å²) in [5, 5.41) is 0. The zero-order valence-corrected chi connectivity index (χ0v) is 11.9. The predicted molar refractivity (Wildman–Crippen MR) is 83.3 cm³/mol. The average molecular weight is 265 g/mol. The number of hydrogen-bond acceptors (Lipinski definition) is 2. The van der Waals surface area contributed by atoms with E-state index in [0.717, 1.165) is 23.3 Å². The van der Waals surface area contributed by atoms with E-state index in [9.17, 15) is 0 Å². The number of nitrogens with zero attached hydrogens (tertiary/aromatic N) is 2. The summed E-state index contributed by atoms with van der Waals surface area (Å²) in [6, 6.07) is 14.7. The maximum absolute atomic E-state index is 5.74. The number of aryl methyl sites for hydroxylation is 2. The van der Waals surface area contributed by atoms with Gasteiger partial charge in [0.1, 0.15) is 5.82 Å². The number of benzene rings is 2. The molecule has 0 fully saturated rings. The van der Waals surface area contributed by atoms with Crippen molar-refractivity contribution < 1.29 is 0 Å². The third-order valence-electron chi connectivity index (χ3n) is 3.59. The van der Waals surface area contributed by atoms with Gasteiger partial charge in [-0.25, -0.2) is 4.98 Å². The van der Waals surface area contributed by atoms with Gasteiger partial charge in [-0.1, -0.05) is 29.8 Å². The van der Waals surface area contributed by atoms with Crippen molar-refractivity contribution in [1.82, 2.24) is 9.55 Å². The zero-order chi connectivity index (χ0) is 14.1. The third kappa shape index (κ3) is 2.10. The van der Waals surface area contributed by atoms with Gasteiger partial charge < -0.3 is 5.73 Å². The minimum atomic E-state index is 0.605. The Morgan fingerprint density at radius 3 is 2.65 bits per heavy atom. The molecule has 2 aromatic carbocycles. The topological polar surface area (TPSA) is 43.8 Å². The molecule has 2 N–H and O–H groups in total. The van der Waals surface area contributed by atoms with Gasteiger partial charge in [-0.15, -0.1) is 0 Å². The second-order valence-corrected chi connectivity index (χ2v) is 5.18. The highest BCUT2D eigenvalue weighted by atomic mass is 15.1. The normalized spacial score (nSPS) is 11.2. The minimum Gasteiger partial charge on any atom is -0.330 e. The predicted octanol–water partition coefficient (Wildman–Crippen LogP) is 3.14. The fraction of sp³-hybridized carbons (Fsp3) is 0.235. The van der Waals surface area contributed by atoms with Crippen LogP contribution in [0.3, 0.4) is 0 Å². The van der Waals surface area contributed by atoms with Gasteiger partial charge in [0, 0.05) is 6.42 Å². The van der Waals surface area contributed by atoms with Gasteiger partial charge >= 0.3 is 0 Å². The first-order valence-corrected chi connectivity index (χ1v) is 6.95. The lowest BCUT2D eigenvalue weighted by Crippen LogP contribution is -2.09. The monoisotopic (exact) mass is 265 g/mol. The molecule has 102 valence electrons. The van der Waals surface area contributed by atoms with E-state index in [4.69, 9.17) is 10.7 Å². The lowest BCUT2D eigenvalue weighted by Gasteiger charge is -2.12. The number of hydrogen-bond donors (Lipinski definition) is 1. The first-order chi connectivity index (χ1) is 9.70. The lowest BCUT2D eigenvalue weighted by molar-refractivity contribution is 0.845. The van der Waals surface area contributed by atoms with Crippen molar-refractivity contribution in [2.75, 3.05) is 6.54 Å². The molecule has 0 unspecified atom stereocenters. The van der Waals surface area contributed by atoms with Crippen molar-refractivity contribution in [2.24, 2.45) is 5.73 Å². The first kappa shape index (κ1) is 12.9. The summed E-state index contributed by atoms with van der Waals surface area (Å²) in [6.45, 7) is 4.86. The SMILES string of the molecule is Cc1ccc(-n2c(CCN)nc3ccccc32)c(C)c1. The molecule has 0 aliphatic heterocycles. The summed E-state index contributed by atoms with van der Waals surface area (Å²) in [4.78, 5) is 4.73. The van der Waals surface area contributed by atoms with E-state index in [1.54, 1.807) is 0 Å². The van der Waals surface area contributed by atoms with E-state index < -0.39 is 0 Å². The van der Waals surface area contributed by atoms with Crippen LogP contribution in [0.1, 0.15) is 17.0 Å². The molecule has 1 aromatic heterocycles. The fourth-order valence-electron chi connectivity index (χ4n) is 2.70. The molecule has 3 heteroatoms. The van der Waals surface area contributed by atoms with Crippen molar-refractivity contribution in [3.63, 3.8) is 0 Å². The Morgan fingerprint density at radius 1 is 1.10 bits per heavy atom. The van der Waals surface area contributed by atoms with Crippen LogP contribution < -0.4 is 5.73 Å². The Balaban J connectivity index is 2.30. The standard InChI is InChI=1S/C17H19N3/c1-12-7-8-15(13(2)11-12)20-16-6-4-3-5-14(16)19-17(20)9-10-18/h3-8,11H,9-10,18H2,1-2H3. The van der Waals surface area contributed by atoms with E-state index in [-0.39, 0.29) is 0 Å². The van der Waals surface area contributed by atoms with Crippen LogP contribution in [0.5, 0.6) is 0 Å². The largest absolute Gasteiger partial charge is 0.330 e. The Bertz CT molecular complexity index is 756. The highest BCUT2D eigenvalue weighted by Gasteiger charge is 2.12. The van der Waals surface area contributed by atoms with E-state index in [1.165, 1.54) is 16.8 Å². The molecular formula is C17H19N3. The first-order valence-electron chi connectivity index (χ1n) is 6.95. The van der Waals surface area contributed by atoms with Crippen LogP contribution in [0.15, 0.2) is 42.5 Å². The molecule has 0 spiro atoms. The summed E-state index contributed by atoms with van der Waals surface area (Å²) in [5.41, 5.74) is 11.6. The summed E-state index contributed by atoms with van der Waals surface area (Å²) in [5.74, 6) is 1.03. The Hall–Kier alpha value is -2.13. The van der Waals surface area contributed by atoms with Crippen LogP contribution in [0.2, 0.25) is 0 Å². The number of rotatable bonds is 3. The van der Waals surface area contributed by atoms with Gasteiger partial charge in [-0.05, 0) is 44.2 Å². The molecule has 0 saturated heterocycles. The number of fused-ring (bicyclic) bond motifs is 1. The summed E-state index contributed by atoms with van der Waals surface area (Å²) < 4.78 is 2.23. The van der Waals surface area contributed by atoms with Crippen molar-refractivity contribution in [3.8, 4) is 5.69 Å². The molecule has 0 atom stereocenters. The van der Waals surface area contributed by atoms with Gasteiger partial charge in [0.15, 0.2) is 0 Å². The average Bonchev–Trinajstić information content (AvgIpc) is 2.78. The smallest absolute Gasteiger partial charge is 0.115 e. The number of aromatic nitrogens is 2. The molecule has 3 aromatic rings. The molecule has 0 aliphatic carbocycles. The third-order valence-corrected chi connectivity index (χ3v) is 3.59. The molecule has 0 radical (unpaired) electrons. The summed E-state index contributed by atoms with van der Waals surface area (Å²) in [7, 11) is 0. The molecule has 0 aliphatic rings. The minimum absolute atomic E-state index is 0.605. The van der Waals surface area contributed by atoms with Gasteiger partial charge in [0.05, 0.1) is 16.7 Å². The lowest BCUT2D eigenvalue weighted by atomic mass is 10.1. The molecule has 1 heterocycles. The molecule has 3 nitrogen and oxygen atoms in total. The Labute approximate surface area is 119 Å². The van der Waals surface area contributed by atoms with Crippen LogP contribution in [0.25, 0.3) is 16.7 Å². The van der Waals surface area contributed by atoms with Crippen molar-refractivity contribution in [1.29, 1.82) is 0 Å². The molecular weight excluding hydrogens is 246 g/mol. The van der Waals surface area contributed by atoms with Gasteiger partial charge in [0.25, 0.3) is 0 Å².